The molecule has 118 valence electrons. The van der Waals surface area contributed by atoms with Gasteiger partial charge in [0.1, 0.15) is 11.3 Å². The van der Waals surface area contributed by atoms with Gasteiger partial charge in [-0.1, -0.05) is 13.8 Å². The van der Waals surface area contributed by atoms with Gasteiger partial charge in [0.05, 0.1) is 18.1 Å². The summed E-state index contributed by atoms with van der Waals surface area (Å²) in [4.78, 5) is 26.6. The minimum Gasteiger partial charge on any atom is -0.463 e. The topological polar surface area (TPSA) is 95.3 Å². The molecule has 1 atom stereocenters. The fraction of sp³-hybridized carbons (Fsp3) is 0.375. The summed E-state index contributed by atoms with van der Waals surface area (Å²) < 4.78 is 5.19. The maximum absolute atomic E-state index is 12.0. The van der Waals surface area contributed by atoms with Gasteiger partial charge in [-0.3, -0.25) is 9.59 Å². The van der Waals surface area contributed by atoms with Crippen LogP contribution in [-0.4, -0.2) is 28.6 Å². The van der Waals surface area contributed by atoms with Crippen molar-refractivity contribution in [3.8, 4) is 11.5 Å². The Bertz CT molecular complexity index is 674. The molecule has 0 saturated carbocycles. The lowest BCUT2D eigenvalue weighted by Gasteiger charge is -2.14. The minimum absolute atomic E-state index is 0.0364. The van der Waals surface area contributed by atoms with Gasteiger partial charge in [-0.25, -0.2) is 0 Å². The minimum atomic E-state index is -0.476. The largest absolute Gasteiger partial charge is 0.463 e. The molecule has 0 spiro atoms. The van der Waals surface area contributed by atoms with Gasteiger partial charge in [-0.2, -0.15) is 0 Å². The van der Waals surface area contributed by atoms with E-state index >= 15 is 0 Å². The van der Waals surface area contributed by atoms with Crippen molar-refractivity contribution < 1.29 is 14.3 Å². The number of hydrogen-bond donors (Lipinski definition) is 3. The van der Waals surface area contributed by atoms with E-state index in [1.54, 1.807) is 18.2 Å². The third kappa shape index (κ3) is 3.85. The lowest BCUT2D eigenvalue weighted by Crippen LogP contribution is -2.32. The van der Waals surface area contributed by atoms with Gasteiger partial charge in [0.25, 0.3) is 11.5 Å². The molecule has 0 fully saturated rings. The van der Waals surface area contributed by atoms with Crippen LogP contribution < -0.4 is 10.9 Å². The van der Waals surface area contributed by atoms with Crippen LogP contribution in [0.25, 0.3) is 11.5 Å². The standard InChI is InChI=1S/C16H20N2O4/c1-10(2)13(19)7-8-17-15(20)11-5-6-12(18-16(11)21)14-4-3-9-22-14/h3-6,9-10,13,19H,7-8H2,1-2H3,(H,17,20)(H,18,21). The average Bonchev–Trinajstić information content (AvgIpc) is 3.00. The van der Waals surface area contributed by atoms with E-state index < -0.39 is 17.6 Å². The van der Waals surface area contributed by atoms with Gasteiger partial charge in [-0.05, 0) is 36.6 Å². The monoisotopic (exact) mass is 304 g/mol. The Balaban J connectivity index is 2.00. The average molecular weight is 304 g/mol. The van der Waals surface area contributed by atoms with Crippen LogP contribution in [0.1, 0.15) is 30.6 Å². The van der Waals surface area contributed by atoms with Gasteiger partial charge in [0.15, 0.2) is 0 Å². The fourth-order valence-electron chi connectivity index (χ4n) is 1.99. The summed E-state index contributed by atoms with van der Waals surface area (Å²) in [5, 5.41) is 12.3. The van der Waals surface area contributed by atoms with Crippen molar-refractivity contribution in [2.75, 3.05) is 6.54 Å². The third-order valence-corrected chi connectivity index (χ3v) is 3.44. The van der Waals surface area contributed by atoms with Crippen LogP contribution in [0.3, 0.4) is 0 Å². The first-order valence-electron chi connectivity index (χ1n) is 7.22. The number of H-pyrrole nitrogens is 1. The maximum Gasteiger partial charge on any atom is 0.261 e. The Morgan fingerprint density at radius 2 is 2.14 bits per heavy atom. The van der Waals surface area contributed by atoms with Crippen LogP contribution in [0.4, 0.5) is 0 Å². The number of amides is 1. The van der Waals surface area contributed by atoms with Crippen molar-refractivity contribution in [1.82, 2.24) is 10.3 Å². The molecule has 6 heteroatoms. The Morgan fingerprint density at radius 3 is 2.73 bits per heavy atom. The molecule has 2 heterocycles. The Kier molecular flexibility index (Phi) is 5.16. The molecule has 22 heavy (non-hydrogen) atoms. The highest BCUT2D eigenvalue weighted by Gasteiger charge is 2.13. The lowest BCUT2D eigenvalue weighted by molar-refractivity contribution is 0.0919. The van der Waals surface area contributed by atoms with Crippen LogP contribution in [-0.2, 0) is 0 Å². The second-order valence-electron chi connectivity index (χ2n) is 5.45. The molecule has 0 bridgehead atoms. The summed E-state index contributed by atoms with van der Waals surface area (Å²) in [6.07, 6.45) is 1.49. The molecule has 2 aromatic rings. The fourth-order valence-corrected chi connectivity index (χ4v) is 1.99. The lowest BCUT2D eigenvalue weighted by atomic mass is 10.0. The van der Waals surface area contributed by atoms with Crippen LogP contribution in [0.5, 0.6) is 0 Å². The first-order valence-corrected chi connectivity index (χ1v) is 7.22. The van der Waals surface area contributed by atoms with Crippen molar-refractivity contribution in [2.45, 2.75) is 26.4 Å². The number of nitrogens with one attached hydrogen (secondary N) is 2. The van der Waals surface area contributed by atoms with E-state index in [-0.39, 0.29) is 11.5 Å². The molecular formula is C16H20N2O4. The predicted octanol–water partition coefficient (Wildman–Crippen LogP) is 1.77. The smallest absolute Gasteiger partial charge is 0.261 e. The number of carbonyl (C=O) groups excluding carboxylic acids is 1. The van der Waals surface area contributed by atoms with Gasteiger partial charge in [-0.15, -0.1) is 0 Å². The molecular weight excluding hydrogens is 284 g/mol. The molecule has 0 saturated heterocycles. The zero-order valence-corrected chi connectivity index (χ0v) is 12.6. The Hall–Kier alpha value is -2.34. The highest BCUT2D eigenvalue weighted by Crippen LogP contribution is 2.15. The normalized spacial score (nSPS) is 12.4. The summed E-state index contributed by atoms with van der Waals surface area (Å²) in [7, 11) is 0. The van der Waals surface area contributed by atoms with Crippen LogP contribution in [0.2, 0.25) is 0 Å². The van der Waals surface area contributed by atoms with Gasteiger partial charge in [0.2, 0.25) is 0 Å². The van der Waals surface area contributed by atoms with Crippen LogP contribution >= 0.6 is 0 Å². The van der Waals surface area contributed by atoms with Crippen molar-refractivity contribution >= 4 is 5.91 Å². The first-order chi connectivity index (χ1) is 10.5. The van der Waals surface area contributed by atoms with Gasteiger partial charge in [0, 0.05) is 6.54 Å². The zero-order valence-electron chi connectivity index (χ0n) is 12.6. The summed E-state index contributed by atoms with van der Waals surface area (Å²) in [5.74, 6) is 0.209. The summed E-state index contributed by atoms with van der Waals surface area (Å²) in [6, 6.07) is 6.52. The second-order valence-corrected chi connectivity index (χ2v) is 5.45. The van der Waals surface area contributed by atoms with Gasteiger partial charge < -0.3 is 19.8 Å². The third-order valence-electron chi connectivity index (χ3n) is 3.44. The van der Waals surface area contributed by atoms with Crippen LogP contribution in [0.15, 0.2) is 39.7 Å². The van der Waals surface area contributed by atoms with E-state index in [9.17, 15) is 14.7 Å². The first kappa shape index (κ1) is 16.0. The van der Waals surface area contributed by atoms with Gasteiger partial charge >= 0.3 is 0 Å². The van der Waals surface area contributed by atoms with Crippen molar-refractivity contribution in [3.05, 3.63) is 46.4 Å². The summed E-state index contributed by atoms with van der Waals surface area (Å²) >= 11 is 0. The summed E-state index contributed by atoms with van der Waals surface area (Å²) in [5.41, 5.74) is 0.0759. The molecule has 1 unspecified atom stereocenters. The second kappa shape index (κ2) is 7.09. The number of aromatic amines is 1. The van der Waals surface area contributed by atoms with Crippen LogP contribution in [0, 0.1) is 5.92 Å². The number of aromatic nitrogens is 1. The molecule has 0 radical (unpaired) electrons. The Labute approximate surface area is 128 Å². The van der Waals surface area contributed by atoms with E-state index in [2.05, 4.69) is 10.3 Å². The summed E-state index contributed by atoms with van der Waals surface area (Å²) in [6.45, 7) is 4.13. The number of rotatable bonds is 6. The number of aliphatic hydroxyl groups excluding tert-OH is 1. The predicted molar refractivity (Wildman–Crippen MR) is 82.6 cm³/mol. The van der Waals surface area contributed by atoms with Crippen molar-refractivity contribution in [1.29, 1.82) is 0 Å². The number of furan rings is 1. The highest BCUT2D eigenvalue weighted by atomic mass is 16.3. The molecule has 0 aliphatic carbocycles. The molecule has 6 nitrogen and oxygen atoms in total. The zero-order chi connectivity index (χ0) is 16.1. The number of hydrogen-bond acceptors (Lipinski definition) is 4. The molecule has 1 amide bonds. The number of aliphatic hydroxyl groups is 1. The van der Waals surface area contributed by atoms with E-state index in [4.69, 9.17) is 4.42 Å². The van der Waals surface area contributed by atoms with E-state index in [1.165, 1.54) is 12.3 Å². The number of pyridine rings is 1. The highest BCUT2D eigenvalue weighted by molar-refractivity contribution is 5.93. The Morgan fingerprint density at radius 1 is 1.36 bits per heavy atom. The molecule has 0 aliphatic heterocycles. The van der Waals surface area contributed by atoms with E-state index in [1.807, 2.05) is 13.8 Å². The molecule has 2 aromatic heterocycles. The molecule has 2 rings (SSSR count). The molecule has 0 aromatic carbocycles. The van der Waals surface area contributed by atoms with E-state index in [0.717, 1.165) is 0 Å². The van der Waals surface area contributed by atoms with Crippen molar-refractivity contribution in [2.24, 2.45) is 5.92 Å². The van der Waals surface area contributed by atoms with Crippen molar-refractivity contribution in [3.63, 3.8) is 0 Å². The molecule has 3 N–H and O–H groups in total. The SMILES string of the molecule is CC(C)C(O)CCNC(=O)c1ccc(-c2ccco2)[nH]c1=O. The maximum atomic E-state index is 12.0. The number of carbonyl (C=O) groups is 1. The molecule has 0 aliphatic rings. The quantitative estimate of drug-likeness (QED) is 0.758. The van der Waals surface area contributed by atoms with E-state index in [0.29, 0.717) is 24.4 Å².